The van der Waals surface area contributed by atoms with Crippen LogP contribution in [0.3, 0.4) is 0 Å². The number of carbonyl (C=O) groups is 2. The van der Waals surface area contributed by atoms with E-state index in [0.717, 1.165) is 93.5 Å². The molecule has 2 heterocycles. The van der Waals surface area contributed by atoms with Crippen molar-refractivity contribution in [3.63, 3.8) is 0 Å². The van der Waals surface area contributed by atoms with Crippen LogP contribution in [0, 0.1) is 0 Å². The van der Waals surface area contributed by atoms with E-state index < -0.39 is 0 Å². The SMILES string of the molecule is O=C(CCCCCCCCC(=O)Nc1ccc2cc3ccccc3nc2c1)Nc1ccc2cc3ccccc3nc2c1. The zero-order valence-corrected chi connectivity index (χ0v) is 23.6. The van der Waals surface area contributed by atoms with Crippen LogP contribution < -0.4 is 10.6 Å². The molecule has 0 atom stereocenters. The lowest BCUT2D eigenvalue weighted by Gasteiger charge is -2.08. The second-order valence-electron chi connectivity index (χ2n) is 10.9. The summed E-state index contributed by atoms with van der Waals surface area (Å²) in [5, 5.41) is 10.4. The first-order chi connectivity index (χ1) is 20.6. The normalized spacial score (nSPS) is 11.3. The van der Waals surface area contributed by atoms with Gasteiger partial charge in [0.05, 0.1) is 22.1 Å². The van der Waals surface area contributed by atoms with Gasteiger partial charge in [-0.05, 0) is 61.4 Å². The molecule has 0 aliphatic heterocycles. The van der Waals surface area contributed by atoms with Crippen LogP contribution >= 0.6 is 0 Å². The van der Waals surface area contributed by atoms with E-state index in [1.807, 2.05) is 72.8 Å². The predicted molar refractivity (Wildman–Crippen MR) is 173 cm³/mol. The first kappa shape index (κ1) is 27.3. The number of fused-ring (bicyclic) bond motifs is 4. The van der Waals surface area contributed by atoms with Gasteiger partial charge in [0, 0.05) is 45.8 Å². The van der Waals surface area contributed by atoms with Crippen LogP contribution in [0.5, 0.6) is 0 Å². The van der Waals surface area contributed by atoms with Crippen molar-refractivity contribution >= 4 is 66.8 Å². The summed E-state index contributed by atoms with van der Waals surface area (Å²) in [5.41, 5.74) is 5.21. The summed E-state index contributed by atoms with van der Waals surface area (Å²) < 4.78 is 0. The van der Waals surface area contributed by atoms with Crippen LogP contribution in [-0.4, -0.2) is 21.8 Å². The molecule has 0 saturated heterocycles. The molecule has 6 rings (SSSR count). The van der Waals surface area contributed by atoms with Crippen molar-refractivity contribution in [2.45, 2.75) is 51.4 Å². The fraction of sp³-hybridized carbons (Fsp3) is 0.222. The average Bonchev–Trinajstić information content (AvgIpc) is 3.00. The lowest BCUT2D eigenvalue weighted by Crippen LogP contribution is -2.11. The lowest BCUT2D eigenvalue weighted by molar-refractivity contribution is -0.117. The number of nitrogens with zero attached hydrogens (tertiary/aromatic N) is 2. The van der Waals surface area contributed by atoms with E-state index in [2.05, 4.69) is 34.9 Å². The maximum absolute atomic E-state index is 12.5. The number of para-hydroxylation sites is 2. The molecule has 210 valence electrons. The minimum atomic E-state index is 0.0314. The van der Waals surface area contributed by atoms with Crippen LogP contribution in [0.25, 0.3) is 43.6 Å². The highest BCUT2D eigenvalue weighted by atomic mass is 16.2. The molecule has 0 aliphatic carbocycles. The quantitative estimate of drug-likeness (QED) is 0.124. The van der Waals surface area contributed by atoms with Gasteiger partial charge in [-0.3, -0.25) is 9.59 Å². The van der Waals surface area contributed by atoms with Crippen LogP contribution in [0.1, 0.15) is 51.4 Å². The highest BCUT2D eigenvalue weighted by Gasteiger charge is 2.07. The van der Waals surface area contributed by atoms with Gasteiger partial charge >= 0.3 is 0 Å². The maximum atomic E-state index is 12.5. The first-order valence-electron chi connectivity index (χ1n) is 14.8. The molecule has 0 saturated carbocycles. The van der Waals surface area contributed by atoms with Gasteiger partial charge in [-0.2, -0.15) is 0 Å². The molecule has 2 aromatic heterocycles. The third-order valence-electron chi connectivity index (χ3n) is 7.66. The summed E-state index contributed by atoms with van der Waals surface area (Å²) in [6.45, 7) is 0. The summed E-state index contributed by atoms with van der Waals surface area (Å²) in [4.78, 5) is 34.4. The Labute approximate surface area is 245 Å². The molecule has 0 spiro atoms. The van der Waals surface area contributed by atoms with Crippen LogP contribution in [0.15, 0.2) is 97.1 Å². The van der Waals surface area contributed by atoms with Gasteiger partial charge in [-0.25, -0.2) is 9.97 Å². The molecule has 0 radical (unpaired) electrons. The molecular formula is C36H34N4O2. The Kier molecular flexibility index (Phi) is 8.31. The van der Waals surface area contributed by atoms with Crippen molar-refractivity contribution in [3.8, 4) is 0 Å². The Bertz CT molecular complexity index is 1760. The summed E-state index contributed by atoms with van der Waals surface area (Å²) in [6.07, 6.45) is 6.85. The van der Waals surface area contributed by atoms with Crippen molar-refractivity contribution < 1.29 is 9.59 Å². The minimum absolute atomic E-state index is 0.0314. The molecule has 2 amide bonds. The number of unbranched alkanes of at least 4 members (excludes halogenated alkanes) is 5. The molecule has 0 bridgehead atoms. The number of hydrogen-bond acceptors (Lipinski definition) is 4. The number of pyridine rings is 2. The molecule has 42 heavy (non-hydrogen) atoms. The molecule has 4 aromatic carbocycles. The fourth-order valence-corrected chi connectivity index (χ4v) is 5.42. The van der Waals surface area contributed by atoms with E-state index in [1.54, 1.807) is 0 Å². The Balaban J connectivity index is 0.870. The second kappa shape index (κ2) is 12.8. The van der Waals surface area contributed by atoms with Gasteiger partial charge in [-0.15, -0.1) is 0 Å². The number of rotatable bonds is 11. The highest BCUT2D eigenvalue weighted by molar-refractivity contribution is 5.98. The number of nitrogens with one attached hydrogen (secondary N) is 2. The third kappa shape index (κ3) is 6.72. The van der Waals surface area contributed by atoms with Gasteiger partial charge < -0.3 is 10.6 Å². The smallest absolute Gasteiger partial charge is 0.224 e. The molecule has 2 N–H and O–H groups in total. The van der Waals surface area contributed by atoms with Gasteiger partial charge in [0.1, 0.15) is 0 Å². The highest BCUT2D eigenvalue weighted by Crippen LogP contribution is 2.24. The number of hydrogen-bond donors (Lipinski definition) is 2. The van der Waals surface area contributed by atoms with E-state index in [0.29, 0.717) is 12.8 Å². The van der Waals surface area contributed by atoms with Gasteiger partial charge in [-0.1, -0.05) is 74.2 Å². The fourth-order valence-electron chi connectivity index (χ4n) is 5.42. The van der Waals surface area contributed by atoms with E-state index in [4.69, 9.17) is 9.97 Å². The zero-order chi connectivity index (χ0) is 28.7. The number of anilines is 2. The maximum Gasteiger partial charge on any atom is 0.224 e. The molecule has 6 aromatic rings. The Hall–Kier alpha value is -4.84. The molecule has 0 fully saturated rings. The Morgan fingerprint density at radius 3 is 1.33 bits per heavy atom. The standard InChI is InChI=1S/C36H34N4O2/c41-35(37-29-19-17-27-21-25-11-7-9-13-31(25)39-33(27)23-29)15-5-3-1-2-4-6-16-36(42)38-30-20-18-28-22-26-12-8-10-14-32(26)40-34(28)24-30/h7-14,17-24H,1-6,15-16H2,(H,37,41)(H,38,42). The third-order valence-corrected chi connectivity index (χ3v) is 7.66. The number of amides is 2. The average molecular weight is 555 g/mol. The summed E-state index contributed by atoms with van der Waals surface area (Å²) >= 11 is 0. The minimum Gasteiger partial charge on any atom is -0.326 e. The summed E-state index contributed by atoms with van der Waals surface area (Å²) in [7, 11) is 0. The van der Waals surface area contributed by atoms with Gasteiger partial charge in [0.15, 0.2) is 0 Å². The number of aromatic nitrogens is 2. The van der Waals surface area contributed by atoms with Crippen molar-refractivity contribution in [2.75, 3.05) is 10.6 Å². The summed E-state index contributed by atoms with van der Waals surface area (Å²) in [5.74, 6) is 0.0628. The summed E-state index contributed by atoms with van der Waals surface area (Å²) in [6, 6.07) is 32.1. The monoisotopic (exact) mass is 554 g/mol. The van der Waals surface area contributed by atoms with Crippen molar-refractivity contribution in [1.29, 1.82) is 0 Å². The molecule has 6 heteroatoms. The van der Waals surface area contributed by atoms with E-state index in [-0.39, 0.29) is 11.8 Å². The molecular weight excluding hydrogens is 520 g/mol. The Morgan fingerprint density at radius 1 is 0.452 bits per heavy atom. The molecule has 0 unspecified atom stereocenters. The van der Waals surface area contributed by atoms with Crippen LogP contribution in [0.2, 0.25) is 0 Å². The molecule has 6 nitrogen and oxygen atoms in total. The predicted octanol–water partition coefficient (Wildman–Crippen LogP) is 8.79. The van der Waals surface area contributed by atoms with Crippen molar-refractivity contribution in [3.05, 3.63) is 97.1 Å². The van der Waals surface area contributed by atoms with Crippen LogP contribution in [-0.2, 0) is 9.59 Å². The van der Waals surface area contributed by atoms with Gasteiger partial charge in [0.2, 0.25) is 11.8 Å². The van der Waals surface area contributed by atoms with Crippen molar-refractivity contribution in [2.24, 2.45) is 0 Å². The number of carbonyl (C=O) groups excluding carboxylic acids is 2. The number of benzene rings is 4. The van der Waals surface area contributed by atoms with E-state index >= 15 is 0 Å². The van der Waals surface area contributed by atoms with Crippen molar-refractivity contribution in [1.82, 2.24) is 9.97 Å². The lowest BCUT2D eigenvalue weighted by atomic mass is 10.1. The largest absolute Gasteiger partial charge is 0.326 e. The Morgan fingerprint density at radius 2 is 0.857 bits per heavy atom. The van der Waals surface area contributed by atoms with Crippen LogP contribution in [0.4, 0.5) is 11.4 Å². The van der Waals surface area contributed by atoms with E-state index in [1.165, 1.54) is 0 Å². The van der Waals surface area contributed by atoms with E-state index in [9.17, 15) is 9.59 Å². The zero-order valence-electron chi connectivity index (χ0n) is 23.6. The topological polar surface area (TPSA) is 84.0 Å². The second-order valence-corrected chi connectivity index (χ2v) is 10.9. The first-order valence-corrected chi connectivity index (χ1v) is 14.8. The van der Waals surface area contributed by atoms with Gasteiger partial charge in [0.25, 0.3) is 0 Å². The molecule has 0 aliphatic rings.